The Morgan fingerprint density at radius 2 is 1.95 bits per heavy atom. The van der Waals surface area contributed by atoms with E-state index in [-0.39, 0.29) is 10.2 Å². The topological polar surface area (TPSA) is 9.23 Å². The van der Waals surface area contributed by atoms with Gasteiger partial charge in [-0.1, -0.05) is 54.0 Å². The quantitative estimate of drug-likeness (QED) is 0.521. The summed E-state index contributed by atoms with van der Waals surface area (Å²) < 4.78 is 5.78. The molecular weight excluding hydrogens is 344 g/mol. The van der Waals surface area contributed by atoms with Gasteiger partial charge in [0, 0.05) is 15.9 Å². The van der Waals surface area contributed by atoms with E-state index in [2.05, 4.69) is 78.5 Å². The van der Waals surface area contributed by atoms with E-state index in [0.29, 0.717) is 0 Å². The summed E-state index contributed by atoms with van der Waals surface area (Å²) in [5.74, 6) is 1.03. The molecule has 1 nitrogen and oxygen atoms in total. The number of rotatable bonds is 3. The number of ether oxygens (including phenoxy) is 1. The van der Waals surface area contributed by atoms with Crippen LogP contribution < -0.4 is 4.74 Å². The van der Waals surface area contributed by atoms with Gasteiger partial charge in [0.15, 0.2) is 0 Å². The first-order chi connectivity index (χ1) is 10.0. The second kappa shape index (κ2) is 5.69. The van der Waals surface area contributed by atoms with Crippen LogP contribution in [0.4, 0.5) is 0 Å². The van der Waals surface area contributed by atoms with Gasteiger partial charge in [0.1, 0.15) is 5.75 Å². The lowest BCUT2D eigenvalue weighted by molar-refractivity contribution is 0.291. The Hall–Kier alpha value is -0.930. The molecule has 0 amide bonds. The first-order valence-electron chi connectivity index (χ1n) is 7.07. The molecule has 2 aromatic carbocycles. The molecule has 1 aliphatic rings. The SMILES string of the molecule is CSc1ccccc1C(Br)c1ccc2c(c1)C(C)(C)CO2. The summed E-state index contributed by atoms with van der Waals surface area (Å²) in [4.78, 5) is 1.53. The molecule has 0 bridgehead atoms. The fourth-order valence-corrected chi connectivity index (χ4v) is 4.22. The normalized spacial score (nSPS) is 17.1. The maximum atomic E-state index is 5.78. The highest BCUT2D eigenvalue weighted by Gasteiger charge is 2.32. The molecule has 0 radical (unpaired) electrons. The van der Waals surface area contributed by atoms with Gasteiger partial charge in [-0.05, 0) is 35.6 Å². The Kier molecular flexibility index (Phi) is 4.06. The number of alkyl halides is 1. The van der Waals surface area contributed by atoms with Crippen LogP contribution >= 0.6 is 27.7 Å². The lowest BCUT2D eigenvalue weighted by Crippen LogP contribution is -2.18. The van der Waals surface area contributed by atoms with Crippen LogP contribution in [0.5, 0.6) is 5.75 Å². The monoisotopic (exact) mass is 362 g/mol. The summed E-state index contributed by atoms with van der Waals surface area (Å²) in [7, 11) is 0. The molecule has 1 heterocycles. The molecule has 1 aliphatic heterocycles. The molecular formula is C18H19BrOS. The van der Waals surface area contributed by atoms with Crippen LogP contribution in [0.3, 0.4) is 0 Å². The highest BCUT2D eigenvalue weighted by atomic mass is 79.9. The smallest absolute Gasteiger partial charge is 0.123 e. The van der Waals surface area contributed by atoms with Gasteiger partial charge in [0.05, 0.1) is 11.4 Å². The highest BCUT2D eigenvalue weighted by molar-refractivity contribution is 9.09. The highest BCUT2D eigenvalue weighted by Crippen LogP contribution is 2.43. The van der Waals surface area contributed by atoms with E-state index < -0.39 is 0 Å². The zero-order valence-corrected chi connectivity index (χ0v) is 14.9. The van der Waals surface area contributed by atoms with E-state index in [1.807, 2.05) is 0 Å². The number of thioether (sulfide) groups is 1. The number of hydrogen-bond acceptors (Lipinski definition) is 2. The number of halogens is 1. The minimum absolute atomic E-state index is 0.0943. The summed E-state index contributed by atoms with van der Waals surface area (Å²) in [5.41, 5.74) is 4.01. The second-order valence-corrected chi connectivity index (χ2v) is 7.80. The molecule has 21 heavy (non-hydrogen) atoms. The van der Waals surface area contributed by atoms with Crippen LogP contribution in [0.1, 0.15) is 35.4 Å². The molecule has 0 spiro atoms. The summed E-state index contributed by atoms with van der Waals surface area (Å²) in [6.45, 7) is 5.24. The number of fused-ring (bicyclic) bond motifs is 1. The van der Waals surface area contributed by atoms with Crippen molar-refractivity contribution in [2.45, 2.75) is 29.0 Å². The molecule has 3 heteroatoms. The molecule has 0 aliphatic carbocycles. The molecule has 3 rings (SSSR count). The van der Waals surface area contributed by atoms with E-state index in [4.69, 9.17) is 4.74 Å². The molecule has 2 aromatic rings. The first kappa shape index (κ1) is 15.0. The minimum Gasteiger partial charge on any atom is -0.492 e. The van der Waals surface area contributed by atoms with Gasteiger partial charge in [-0.3, -0.25) is 0 Å². The molecule has 0 saturated heterocycles. The predicted molar refractivity (Wildman–Crippen MR) is 94.0 cm³/mol. The van der Waals surface area contributed by atoms with Crippen molar-refractivity contribution in [2.24, 2.45) is 0 Å². The predicted octanol–water partition coefficient (Wildman–Crippen LogP) is 5.56. The molecule has 1 unspecified atom stereocenters. The van der Waals surface area contributed by atoms with E-state index in [9.17, 15) is 0 Å². The fraction of sp³-hybridized carbons (Fsp3) is 0.333. The average molecular weight is 363 g/mol. The van der Waals surface area contributed by atoms with E-state index >= 15 is 0 Å². The lowest BCUT2D eigenvalue weighted by Gasteiger charge is -2.18. The van der Waals surface area contributed by atoms with Crippen molar-refractivity contribution in [3.05, 3.63) is 59.2 Å². The average Bonchev–Trinajstić information content (AvgIpc) is 2.81. The van der Waals surface area contributed by atoms with E-state index in [0.717, 1.165) is 12.4 Å². The second-order valence-electron chi connectivity index (χ2n) is 6.03. The van der Waals surface area contributed by atoms with Gasteiger partial charge in [0.25, 0.3) is 0 Å². The fourth-order valence-electron chi connectivity index (χ4n) is 2.75. The van der Waals surface area contributed by atoms with Crippen LogP contribution in [0.25, 0.3) is 0 Å². The largest absolute Gasteiger partial charge is 0.492 e. The molecule has 0 fully saturated rings. The molecule has 0 N–H and O–H groups in total. The van der Waals surface area contributed by atoms with Gasteiger partial charge in [-0.25, -0.2) is 0 Å². The molecule has 0 aromatic heterocycles. The Labute approximate surface area is 139 Å². The van der Waals surface area contributed by atoms with Crippen molar-refractivity contribution in [3.63, 3.8) is 0 Å². The number of benzene rings is 2. The first-order valence-corrected chi connectivity index (χ1v) is 9.21. The van der Waals surface area contributed by atoms with Crippen molar-refractivity contribution in [3.8, 4) is 5.75 Å². The van der Waals surface area contributed by atoms with E-state index in [1.165, 1.54) is 21.6 Å². The van der Waals surface area contributed by atoms with Crippen molar-refractivity contribution in [2.75, 3.05) is 12.9 Å². The maximum Gasteiger partial charge on any atom is 0.123 e. The van der Waals surface area contributed by atoms with Crippen LogP contribution in [0.15, 0.2) is 47.4 Å². The third-order valence-corrected chi connectivity index (χ3v) is 5.86. The van der Waals surface area contributed by atoms with Gasteiger partial charge >= 0.3 is 0 Å². The number of hydrogen-bond donors (Lipinski definition) is 0. The van der Waals surface area contributed by atoms with Crippen molar-refractivity contribution in [1.29, 1.82) is 0 Å². The zero-order chi connectivity index (χ0) is 15.0. The lowest BCUT2D eigenvalue weighted by atomic mass is 9.85. The van der Waals surface area contributed by atoms with Crippen molar-refractivity contribution in [1.82, 2.24) is 0 Å². The molecule has 110 valence electrons. The van der Waals surface area contributed by atoms with Gasteiger partial charge in [-0.15, -0.1) is 11.8 Å². The maximum absolute atomic E-state index is 5.78. The zero-order valence-electron chi connectivity index (χ0n) is 12.5. The summed E-state index contributed by atoms with van der Waals surface area (Å²) in [6, 6.07) is 15.1. The van der Waals surface area contributed by atoms with Gasteiger partial charge in [0.2, 0.25) is 0 Å². The molecule has 0 saturated carbocycles. The third kappa shape index (κ3) is 2.74. The minimum atomic E-state index is 0.0943. The molecule has 1 atom stereocenters. The van der Waals surface area contributed by atoms with Gasteiger partial charge < -0.3 is 4.74 Å². The summed E-state index contributed by atoms with van der Waals surface area (Å²) in [5, 5.41) is 0. The van der Waals surface area contributed by atoms with Crippen LogP contribution in [0, 0.1) is 0 Å². The Morgan fingerprint density at radius 3 is 2.71 bits per heavy atom. The van der Waals surface area contributed by atoms with Crippen LogP contribution in [-0.2, 0) is 5.41 Å². The van der Waals surface area contributed by atoms with Crippen LogP contribution in [-0.4, -0.2) is 12.9 Å². The standard InChI is InChI=1S/C18H19BrOS/c1-18(2)11-20-15-9-8-12(10-14(15)18)17(19)13-6-4-5-7-16(13)21-3/h4-10,17H,11H2,1-3H3. The Balaban J connectivity index is 2.01. The van der Waals surface area contributed by atoms with E-state index in [1.54, 1.807) is 11.8 Å². The van der Waals surface area contributed by atoms with Crippen LogP contribution in [0.2, 0.25) is 0 Å². The van der Waals surface area contributed by atoms with Crippen molar-refractivity contribution < 1.29 is 4.74 Å². The van der Waals surface area contributed by atoms with Crippen molar-refractivity contribution >= 4 is 27.7 Å². The Morgan fingerprint density at radius 1 is 1.19 bits per heavy atom. The van der Waals surface area contributed by atoms with Gasteiger partial charge in [-0.2, -0.15) is 0 Å². The Bertz CT molecular complexity index is 666. The summed E-state index contributed by atoms with van der Waals surface area (Å²) in [6.07, 6.45) is 2.12. The summed E-state index contributed by atoms with van der Waals surface area (Å²) >= 11 is 5.67. The third-order valence-electron chi connectivity index (χ3n) is 4.03.